The molecule has 1 aliphatic rings. The first kappa shape index (κ1) is 30.2. The molecule has 0 aromatic rings. The summed E-state index contributed by atoms with van der Waals surface area (Å²) in [6.07, 6.45) is 4.97. The van der Waals surface area contributed by atoms with Crippen LogP contribution in [0.4, 0.5) is 0 Å². The minimum absolute atomic E-state index is 0.0579. The molecule has 0 saturated carbocycles. The summed E-state index contributed by atoms with van der Waals surface area (Å²) in [5, 5.41) is 58.6. The van der Waals surface area contributed by atoms with E-state index < -0.39 is 48.9 Å². The number of carbonyl (C=O) groups is 1. The van der Waals surface area contributed by atoms with Crippen molar-refractivity contribution < 1.29 is 44.9 Å². The lowest BCUT2D eigenvalue weighted by Gasteiger charge is -2.38. The number of carboxylic acids is 1. The third-order valence-corrected chi connectivity index (χ3v) is 6.31. The Balaban J connectivity index is 2.08. The van der Waals surface area contributed by atoms with Crippen molar-refractivity contribution in [3.63, 3.8) is 0 Å². The van der Waals surface area contributed by atoms with E-state index in [4.69, 9.17) is 14.6 Å². The van der Waals surface area contributed by atoms with Crippen molar-refractivity contribution in [3.8, 4) is 0 Å². The Morgan fingerprint density at radius 3 is 1.76 bits per heavy atom. The summed E-state index contributed by atoms with van der Waals surface area (Å²) in [6, 6.07) is 0. The Bertz CT molecular complexity index is 504. The molecular formula is C24H46O9. The minimum Gasteiger partial charge on any atom is -0.479 e. The molecule has 0 spiro atoms. The maximum absolute atomic E-state index is 11.1. The van der Waals surface area contributed by atoms with Crippen LogP contribution in [0.2, 0.25) is 0 Å². The van der Waals surface area contributed by atoms with Crippen molar-refractivity contribution in [2.45, 2.75) is 140 Å². The van der Waals surface area contributed by atoms with E-state index >= 15 is 0 Å². The molecule has 7 unspecified atom stereocenters. The molecule has 0 radical (unpaired) electrons. The van der Waals surface area contributed by atoms with Crippen molar-refractivity contribution in [3.05, 3.63) is 0 Å². The average Bonchev–Trinajstić information content (AvgIpc) is 2.79. The molecular weight excluding hydrogens is 432 g/mol. The predicted octanol–water partition coefficient (Wildman–Crippen LogP) is 2.10. The fourth-order valence-corrected chi connectivity index (χ4v) is 4.07. The van der Waals surface area contributed by atoms with Crippen LogP contribution in [0.3, 0.4) is 0 Å². The summed E-state index contributed by atoms with van der Waals surface area (Å²) in [4.78, 5) is 11.1. The number of aliphatic hydroxyl groups is 5. The predicted molar refractivity (Wildman–Crippen MR) is 123 cm³/mol. The molecule has 0 aliphatic carbocycles. The second-order valence-corrected chi connectivity index (χ2v) is 9.21. The van der Waals surface area contributed by atoms with Gasteiger partial charge in [-0.2, -0.15) is 0 Å². The van der Waals surface area contributed by atoms with E-state index in [-0.39, 0.29) is 13.0 Å². The molecule has 7 atom stereocenters. The second kappa shape index (κ2) is 17.6. The van der Waals surface area contributed by atoms with E-state index in [2.05, 4.69) is 6.92 Å². The van der Waals surface area contributed by atoms with E-state index in [0.717, 1.165) is 19.3 Å². The summed E-state index contributed by atoms with van der Waals surface area (Å²) >= 11 is 0. The van der Waals surface area contributed by atoms with Crippen LogP contribution >= 0.6 is 0 Å². The van der Waals surface area contributed by atoms with Crippen LogP contribution in [0.25, 0.3) is 0 Å². The van der Waals surface area contributed by atoms with Gasteiger partial charge in [-0.15, -0.1) is 0 Å². The topological polar surface area (TPSA) is 157 Å². The van der Waals surface area contributed by atoms with Gasteiger partial charge in [0.25, 0.3) is 0 Å². The van der Waals surface area contributed by atoms with Gasteiger partial charge < -0.3 is 40.1 Å². The van der Waals surface area contributed by atoms with E-state index in [1.54, 1.807) is 0 Å². The molecule has 6 N–H and O–H groups in total. The fraction of sp³-hybridized carbons (Fsp3) is 0.958. The van der Waals surface area contributed by atoms with Gasteiger partial charge in [0.05, 0.1) is 18.8 Å². The van der Waals surface area contributed by atoms with Gasteiger partial charge in [0, 0.05) is 0 Å². The minimum atomic E-state index is -1.78. The lowest BCUT2D eigenvalue weighted by molar-refractivity contribution is -0.295. The summed E-state index contributed by atoms with van der Waals surface area (Å²) in [5.41, 5.74) is 0. The highest BCUT2D eigenvalue weighted by molar-refractivity contribution is 5.73. The van der Waals surface area contributed by atoms with Gasteiger partial charge in [0.1, 0.15) is 18.3 Å². The summed E-state index contributed by atoms with van der Waals surface area (Å²) in [5.74, 6) is -1.49. The van der Waals surface area contributed by atoms with E-state index in [9.17, 15) is 30.3 Å². The van der Waals surface area contributed by atoms with Crippen molar-refractivity contribution in [2.24, 2.45) is 0 Å². The maximum Gasteiger partial charge on any atom is 0.335 e. The third-order valence-electron chi connectivity index (χ3n) is 6.31. The van der Waals surface area contributed by atoms with Crippen LogP contribution < -0.4 is 0 Å². The molecule has 1 saturated heterocycles. The standard InChI is InChI=1S/C24H46O9/c1-2-3-4-5-6-7-8-9-10-11-12-13-14-17(25)18(26)15-16-32-24-21(29)19(27)20(28)22(33-24)23(30)31/h17-22,24-29H,2-16H2,1H3,(H,30,31). The van der Waals surface area contributed by atoms with Crippen LogP contribution in [0.15, 0.2) is 0 Å². The molecule has 0 aromatic carbocycles. The molecule has 9 nitrogen and oxygen atoms in total. The monoisotopic (exact) mass is 478 g/mol. The zero-order chi connectivity index (χ0) is 24.6. The highest BCUT2D eigenvalue weighted by atomic mass is 16.7. The van der Waals surface area contributed by atoms with Crippen molar-refractivity contribution in [1.29, 1.82) is 0 Å². The van der Waals surface area contributed by atoms with Crippen molar-refractivity contribution >= 4 is 5.97 Å². The number of ether oxygens (including phenoxy) is 2. The van der Waals surface area contributed by atoms with Gasteiger partial charge in [0.15, 0.2) is 12.4 Å². The average molecular weight is 479 g/mol. The number of rotatable bonds is 19. The second-order valence-electron chi connectivity index (χ2n) is 9.21. The molecule has 0 amide bonds. The van der Waals surface area contributed by atoms with Crippen molar-refractivity contribution in [2.75, 3.05) is 6.61 Å². The van der Waals surface area contributed by atoms with Crippen LogP contribution in [0, 0.1) is 0 Å². The van der Waals surface area contributed by atoms with E-state index in [0.29, 0.717) is 6.42 Å². The molecule has 1 fully saturated rings. The molecule has 0 bridgehead atoms. The first-order chi connectivity index (χ1) is 15.8. The summed E-state index contributed by atoms with van der Waals surface area (Å²) < 4.78 is 10.3. The Labute approximate surface area is 197 Å². The number of hydrogen-bond acceptors (Lipinski definition) is 8. The number of aliphatic carboxylic acids is 1. The van der Waals surface area contributed by atoms with Crippen LogP contribution in [-0.2, 0) is 14.3 Å². The molecule has 33 heavy (non-hydrogen) atoms. The van der Waals surface area contributed by atoms with E-state index in [1.807, 2.05) is 0 Å². The Morgan fingerprint density at radius 2 is 1.24 bits per heavy atom. The lowest BCUT2D eigenvalue weighted by atomic mass is 9.99. The number of unbranched alkanes of at least 4 members (excludes halogenated alkanes) is 11. The highest BCUT2D eigenvalue weighted by Crippen LogP contribution is 2.23. The molecule has 1 rings (SSSR count). The van der Waals surface area contributed by atoms with Crippen LogP contribution in [-0.4, -0.2) is 86.1 Å². The summed E-state index contributed by atoms with van der Waals surface area (Å²) in [7, 11) is 0. The van der Waals surface area contributed by atoms with Crippen LogP contribution in [0.5, 0.6) is 0 Å². The first-order valence-corrected chi connectivity index (χ1v) is 12.7. The zero-order valence-corrected chi connectivity index (χ0v) is 20.1. The lowest BCUT2D eigenvalue weighted by Crippen LogP contribution is -2.60. The van der Waals surface area contributed by atoms with Gasteiger partial charge in [-0.25, -0.2) is 4.79 Å². The SMILES string of the molecule is CCCCCCCCCCCCCCC(O)C(O)CCOC1OC(C(=O)O)C(O)C(O)C1O. The summed E-state index contributed by atoms with van der Waals surface area (Å²) in [6.45, 7) is 2.11. The largest absolute Gasteiger partial charge is 0.479 e. The fourth-order valence-electron chi connectivity index (χ4n) is 4.07. The number of hydrogen-bond donors (Lipinski definition) is 6. The molecule has 196 valence electrons. The van der Waals surface area contributed by atoms with Crippen molar-refractivity contribution in [1.82, 2.24) is 0 Å². The number of carboxylic acid groups (broad SMARTS) is 1. The molecule has 1 heterocycles. The molecule has 0 aromatic heterocycles. The Kier molecular flexibility index (Phi) is 16.1. The molecule has 1 aliphatic heterocycles. The Hall–Kier alpha value is -0.810. The quantitative estimate of drug-likeness (QED) is 0.153. The molecule has 9 heteroatoms. The maximum atomic E-state index is 11.1. The zero-order valence-electron chi connectivity index (χ0n) is 20.1. The van der Waals surface area contributed by atoms with Gasteiger partial charge in [-0.1, -0.05) is 84.0 Å². The first-order valence-electron chi connectivity index (χ1n) is 12.7. The van der Waals surface area contributed by atoms with Gasteiger partial charge in [-0.3, -0.25) is 0 Å². The highest BCUT2D eigenvalue weighted by Gasteiger charge is 2.47. The Morgan fingerprint density at radius 1 is 0.758 bits per heavy atom. The normalized spacial score (nSPS) is 27.4. The van der Waals surface area contributed by atoms with E-state index in [1.165, 1.54) is 57.8 Å². The van der Waals surface area contributed by atoms with Gasteiger partial charge >= 0.3 is 5.97 Å². The van der Waals surface area contributed by atoms with Gasteiger partial charge in [-0.05, 0) is 12.8 Å². The third kappa shape index (κ3) is 11.9. The number of aliphatic hydroxyl groups excluding tert-OH is 5. The van der Waals surface area contributed by atoms with Gasteiger partial charge in [0.2, 0.25) is 0 Å². The van der Waals surface area contributed by atoms with Crippen LogP contribution in [0.1, 0.15) is 96.8 Å². The smallest absolute Gasteiger partial charge is 0.335 e.